The van der Waals surface area contributed by atoms with Crippen LogP contribution in [0.1, 0.15) is 47.8 Å². The highest BCUT2D eigenvalue weighted by Gasteiger charge is 2.37. The number of aliphatic imine (C=N–C) groups is 1. The predicted octanol–water partition coefficient (Wildman–Crippen LogP) is 3.51. The van der Waals surface area contributed by atoms with E-state index in [0.717, 1.165) is 22.4 Å². The van der Waals surface area contributed by atoms with Crippen LogP contribution in [-0.4, -0.2) is 46.9 Å². The Morgan fingerprint density at radius 3 is 2.63 bits per heavy atom. The fourth-order valence-corrected chi connectivity index (χ4v) is 4.60. The van der Waals surface area contributed by atoms with Gasteiger partial charge in [0.25, 0.3) is 11.8 Å². The van der Waals surface area contributed by atoms with Crippen LogP contribution >= 0.6 is 0 Å². The quantitative estimate of drug-likeness (QED) is 0.457. The molecule has 0 fully saturated rings. The van der Waals surface area contributed by atoms with E-state index in [9.17, 15) is 14.4 Å². The van der Waals surface area contributed by atoms with Crippen molar-refractivity contribution in [2.45, 2.75) is 39.0 Å². The van der Waals surface area contributed by atoms with Crippen molar-refractivity contribution in [2.75, 3.05) is 22.5 Å². The lowest BCUT2D eigenvalue weighted by Gasteiger charge is -2.22. The highest BCUT2D eigenvalue weighted by molar-refractivity contribution is 6.21. The molecule has 2 aliphatic rings. The fraction of sp³-hybridized carbons (Fsp3) is 0.250. The first-order valence-corrected chi connectivity index (χ1v) is 12.2. The first-order valence-electron chi connectivity index (χ1n) is 12.2. The van der Waals surface area contributed by atoms with E-state index >= 15 is 0 Å². The molecule has 2 aliphatic heterocycles. The number of nitrogens with zero attached hydrogens (tertiary/aromatic N) is 3. The second-order valence-electron chi connectivity index (χ2n) is 10.1. The van der Waals surface area contributed by atoms with E-state index in [1.54, 1.807) is 25.7 Å². The highest BCUT2D eigenvalue weighted by Crippen LogP contribution is 2.38. The number of nitrogens with two attached hydrogens (primary N) is 1. The van der Waals surface area contributed by atoms with Crippen molar-refractivity contribution in [3.05, 3.63) is 83.2 Å². The number of hydrogen-bond acceptors (Lipinski definition) is 7. The largest absolute Gasteiger partial charge is 0.444 e. The normalized spacial score (nSPS) is 16.3. The molecule has 5 rings (SSSR count). The lowest BCUT2D eigenvalue weighted by Crippen LogP contribution is -2.47. The van der Waals surface area contributed by atoms with Gasteiger partial charge in [0.1, 0.15) is 5.60 Å². The van der Waals surface area contributed by atoms with Crippen molar-refractivity contribution in [1.29, 1.82) is 0 Å². The summed E-state index contributed by atoms with van der Waals surface area (Å²) in [6, 6.07) is 14.6. The third-order valence-corrected chi connectivity index (χ3v) is 6.12. The summed E-state index contributed by atoms with van der Waals surface area (Å²) in [7, 11) is 0. The summed E-state index contributed by atoms with van der Waals surface area (Å²) in [4.78, 5) is 49.9. The standard InChI is InChI=1S/C28H28N6O4/c1-28(2,3)38-27(37)31-21-15-30-11-9-19(21)25(35)33-24-26(36)34-12-10-17-13-18(29)14-20(23(17)34)22(32-24)16-7-5-4-6-8-16/h4-9,11,13-15,24H,10,12,29H2,1-3H3,(H,31,37)(H,33,35)/t24-/m0/s1. The number of benzene rings is 2. The zero-order valence-corrected chi connectivity index (χ0v) is 21.3. The number of rotatable bonds is 4. The Hall–Kier alpha value is -4.73. The van der Waals surface area contributed by atoms with Gasteiger partial charge in [-0.25, -0.2) is 9.79 Å². The van der Waals surface area contributed by atoms with Gasteiger partial charge in [0.2, 0.25) is 6.17 Å². The number of nitrogens with one attached hydrogen (secondary N) is 2. The molecule has 0 radical (unpaired) electrons. The molecule has 1 aromatic heterocycles. The molecule has 0 bridgehead atoms. The fourth-order valence-electron chi connectivity index (χ4n) is 4.60. The molecule has 0 aliphatic carbocycles. The molecule has 4 N–H and O–H groups in total. The molecule has 3 aromatic rings. The molecule has 10 nitrogen and oxygen atoms in total. The number of amides is 3. The summed E-state index contributed by atoms with van der Waals surface area (Å²) in [5, 5.41) is 5.32. The Balaban J connectivity index is 1.51. The van der Waals surface area contributed by atoms with E-state index in [2.05, 4.69) is 15.6 Å². The second-order valence-corrected chi connectivity index (χ2v) is 10.1. The number of carbonyl (C=O) groups is 3. The number of pyridine rings is 1. The summed E-state index contributed by atoms with van der Waals surface area (Å²) >= 11 is 0. The van der Waals surface area contributed by atoms with Gasteiger partial charge in [-0.1, -0.05) is 30.3 Å². The predicted molar refractivity (Wildman–Crippen MR) is 144 cm³/mol. The minimum atomic E-state index is -1.21. The van der Waals surface area contributed by atoms with Crippen molar-refractivity contribution >= 4 is 40.7 Å². The Labute approximate surface area is 219 Å². The molecule has 38 heavy (non-hydrogen) atoms. The van der Waals surface area contributed by atoms with Crippen molar-refractivity contribution in [3.63, 3.8) is 0 Å². The minimum Gasteiger partial charge on any atom is -0.444 e. The van der Waals surface area contributed by atoms with Crippen LogP contribution in [0.25, 0.3) is 0 Å². The Kier molecular flexibility index (Phi) is 6.31. The van der Waals surface area contributed by atoms with Crippen molar-refractivity contribution in [1.82, 2.24) is 10.3 Å². The van der Waals surface area contributed by atoms with Gasteiger partial charge >= 0.3 is 6.09 Å². The van der Waals surface area contributed by atoms with Gasteiger partial charge in [-0.3, -0.25) is 19.9 Å². The van der Waals surface area contributed by atoms with E-state index in [0.29, 0.717) is 24.4 Å². The van der Waals surface area contributed by atoms with E-state index in [4.69, 9.17) is 15.5 Å². The van der Waals surface area contributed by atoms with Gasteiger partial charge < -0.3 is 20.7 Å². The molecule has 2 aromatic carbocycles. The average Bonchev–Trinajstić information content (AvgIpc) is 3.24. The van der Waals surface area contributed by atoms with Crippen molar-refractivity contribution in [3.8, 4) is 0 Å². The topological polar surface area (TPSA) is 139 Å². The molecule has 0 saturated carbocycles. The number of anilines is 3. The third kappa shape index (κ3) is 4.93. The number of ether oxygens (including phenoxy) is 1. The Morgan fingerprint density at radius 2 is 1.89 bits per heavy atom. The smallest absolute Gasteiger partial charge is 0.412 e. The maximum Gasteiger partial charge on any atom is 0.412 e. The Bertz CT molecular complexity index is 1460. The summed E-state index contributed by atoms with van der Waals surface area (Å²) in [5.41, 5.74) is 10.1. The molecule has 10 heteroatoms. The summed E-state index contributed by atoms with van der Waals surface area (Å²) < 4.78 is 5.30. The van der Waals surface area contributed by atoms with Crippen molar-refractivity contribution < 1.29 is 19.1 Å². The maximum atomic E-state index is 13.7. The minimum absolute atomic E-state index is 0.114. The van der Waals surface area contributed by atoms with Crippen LogP contribution in [0.2, 0.25) is 0 Å². The van der Waals surface area contributed by atoms with Gasteiger partial charge in [-0.05, 0) is 51.0 Å². The zero-order chi connectivity index (χ0) is 27.0. The molecule has 3 amide bonds. The van der Waals surface area contributed by atoms with E-state index < -0.39 is 23.8 Å². The molecule has 1 atom stereocenters. The van der Waals surface area contributed by atoms with Crippen LogP contribution in [0.4, 0.5) is 21.9 Å². The molecular formula is C28H28N6O4. The van der Waals surface area contributed by atoms with Crippen LogP contribution < -0.4 is 21.3 Å². The monoisotopic (exact) mass is 512 g/mol. The number of aromatic nitrogens is 1. The summed E-state index contributed by atoms with van der Waals surface area (Å²) in [6.07, 6.45) is 1.48. The average molecular weight is 513 g/mol. The first kappa shape index (κ1) is 24.9. The first-order chi connectivity index (χ1) is 18.1. The summed E-state index contributed by atoms with van der Waals surface area (Å²) in [5.74, 6) is -0.956. The van der Waals surface area contributed by atoms with Crippen LogP contribution in [0.3, 0.4) is 0 Å². The van der Waals surface area contributed by atoms with E-state index in [-0.39, 0.29) is 17.2 Å². The maximum absolute atomic E-state index is 13.7. The van der Waals surface area contributed by atoms with Gasteiger partial charge in [0, 0.05) is 29.6 Å². The number of nitrogen functional groups attached to an aromatic ring is 1. The third-order valence-electron chi connectivity index (χ3n) is 6.12. The molecule has 0 saturated heterocycles. The lowest BCUT2D eigenvalue weighted by molar-refractivity contribution is -0.120. The molecular weight excluding hydrogens is 484 g/mol. The highest BCUT2D eigenvalue weighted by atomic mass is 16.6. The van der Waals surface area contributed by atoms with Gasteiger partial charge in [-0.2, -0.15) is 0 Å². The van der Waals surface area contributed by atoms with Crippen LogP contribution in [0, 0.1) is 0 Å². The molecule has 194 valence electrons. The number of hydrogen-bond donors (Lipinski definition) is 3. The van der Waals surface area contributed by atoms with Crippen LogP contribution in [-0.2, 0) is 16.0 Å². The van der Waals surface area contributed by atoms with E-state index in [1.807, 2.05) is 42.5 Å². The number of carbonyl (C=O) groups excluding carboxylic acids is 3. The van der Waals surface area contributed by atoms with Crippen LogP contribution in [0.15, 0.2) is 65.9 Å². The molecule has 3 heterocycles. The SMILES string of the molecule is CC(C)(C)OC(=O)Nc1cnccc1C(=O)N[C@@H]1N=C(c2ccccc2)c2cc(N)cc3c2N(CC3)C1=O. The van der Waals surface area contributed by atoms with E-state index in [1.165, 1.54) is 18.5 Å². The zero-order valence-electron chi connectivity index (χ0n) is 21.3. The lowest BCUT2D eigenvalue weighted by atomic mass is 9.97. The molecule has 0 unspecified atom stereocenters. The second kappa shape index (κ2) is 9.62. The van der Waals surface area contributed by atoms with Gasteiger partial charge in [-0.15, -0.1) is 0 Å². The summed E-state index contributed by atoms with van der Waals surface area (Å²) in [6.45, 7) is 5.66. The van der Waals surface area contributed by atoms with Crippen LogP contribution in [0.5, 0.6) is 0 Å². The molecule has 0 spiro atoms. The van der Waals surface area contributed by atoms with Crippen molar-refractivity contribution in [2.24, 2.45) is 4.99 Å². The van der Waals surface area contributed by atoms with Gasteiger partial charge in [0.15, 0.2) is 0 Å². The Morgan fingerprint density at radius 1 is 1.13 bits per heavy atom. The van der Waals surface area contributed by atoms with Gasteiger partial charge in [0.05, 0.1) is 28.8 Å².